The lowest BCUT2D eigenvalue weighted by Crippen LogP contribution is -2.56. The number of hydrogen-bond acceptors (Lipinski definition) is 6. The van der Waals surface area contributed by atoms with Crippen LogP contribution in [0.15, 0.2) is 35.4 Å². The van der Waals surface area contributed by atoms with Crippen LogP contribution in [-0.2, 0) is 30.3 Å². The van der Waals surface area contributed by atoms with Crippen molar-refractivity contribution >= 4 is 6.29 Å². The second-order valence-corrected chi connectivity index (χ2v) is 6.84. The molecule has 0 bridgehead atoms. The maximum Gasteiger partial charge on any atom is 0.187 e. The zero-order valence-electron chi connectivity index (χ0n) is 14.9. The van der Waals surface area contributed by atoms with Crippen molar-refractivity contribution in [3.8, 4) is 0 Å². The first-order chi connectivity index (χ1) is 12.5. The summed E-state index contributed by atoms with van der Waals surface area (Å²) in [5.74, 6) is -0.837. The number of azide groups is 1. The molecule has 0 N–H and O–H groups in total. The van der Waals surface area contributed by atoms with E-state index in [4.69, 9.17) is 24.5 Å². The van der Waals surface area contributed by atoms with Crippen LogP contribution in [0.1, 0.15) is 32.3 Å². The van der Waals surface area contributed by atoms with Gasteiger partial charge in [0.05, 0.1) is 18.8 Å². The lowest BCUT2D eigenvalue weighted by Gasteiger charge is -2.40. The van der Waals surface area contributed by atoms with E-state index in [1.807, 2.05) is 30.3 Å². The number of fused-ring (bicyclic) bond motifs is 1. The minimum Gasteiger partial charge on any atom is -0.346 e. The van der Waals surface area contributed by atoms with Gasteiger partial charge >= 0.3 is 0 Å². The van der Waals surface area contributed by atoms with Crippen molar-refractivity contribution < 1.29 is 23.7 Å². The molecule has 0 saturated carbocycles. The summed E-state index contributed by atoms with van der Waals surface area (Å²) in [4.78, 5) is 13.7. The first-order valence-electron chi connectivity index (χ1n) is 8.68. The van der Waals surface area contributed by atoms with Crippen molar-refractivity contribution in [2.45, 2.75) is 69.7 Å². The molecule has 8 nitrogen and oxygen atoms in total. The molecule has 0 spiro atoms. The summed E-state index contributed by atoms with van der Waals surface area (Å²) in [7, 11) is 0. The fourth-order valence-electron chi connectivity index (χ4n) is 3.39. The minimum atomic E-state index is -0.837. The summed E-state index contributed by atoms with van der Waals surface area (Å²) in [6.07, 6.45) is -0.623. The minimum absolute atomic E-state index is 0.301. The highest BCUT2D eigenvalue weighted by Gasteiger charge is 2.55. The van der Waals surface area contributed by atoms with Crippen LogP contribution >= 0.6 is 0 Å². The maximum atomic E-state index is 10.8. The highest BCUT2D eigenvalue weighted by molar-refractivity contribution is 5.49. The number of carbonyl (C=O) groups is 1. The highest BCUT2D eigenvalue weighted by atomic mass is 16.8. The van der Waals surface area contributed by atoms with Gasteiger partial charge in [-0.05, 0) is 31.4 Å². The predicted molar refractivity (Wildman–Crippen MR) is 91.9 cm³/mol. The van der Waals surface area contributed by atoms with Gasteiger partial charge in [-0.25, -0.2) is 0 Å². The third-order valence-corrected chi connectivity index (χ3v) is 4.47. The fourth-order valence-corrected chi connectivity index (χ4v) is 3.39. The van der Waals surface area contributed by atoms with Crippen molar-refractivity contribution in [1.82, 2.24) is 0 Å². The molecule has 3 rings (SSSR count). The predicted octanol–water partition coefficient (Wildman–Crippen LogP) is 3.11. The standard InChI is InChI=1S/C18H23N3O5/c1-18(2)25-15-14(20-21-19)13(9-6-10-22)24-17(16(15)26-18)23-11-12-7-4-3-5-8-12/h3-5,7-8,10,13-17H,6,9,11H2,1-2H3/t13-,14+,15-,16?,17-/m0/s1. The number of rotatable bonds is 7. The van der Waals surface area contributed by atoms with Crippen molar-refractivity contribution in [3.05, 3.63) is 46.3 Å². The Morgan fingerprint density at radius 3 is 2.69 bits per heavy atom. The quantitative estimate of drug-likeness (QED) is 0.321. The molecule has 2 saturated heterocycles. The first-order valence-corrected chi connectivity index (χ1v) is 8.68. The van der Waals surface area contributed by atoms with E-state index in [1.54, 1.807) is 13.8 Å². The maximum absolute atomic E-state index is 10.8. The van der Waals surface area contributed by atoms with E-state index in [0.717, 1.165) is 11.8 Å². The van der Waals surface area contributed by atoms with E-state index in [-0.39, 0.29) is 0 Å². The Kier molecular flexibility index (Phi) is 5.90. The summed E-state index contributed by atoms with van der Waals surface area (Å²) < 4.78 is 23.9. The van der Waals surface area contributed by atoms with Gasteiger partial charge in [-0.1, -0.05) is 35.4 Å². The molecule has 140 valence electrons. The van der Waals surface area contributed by atoms with Crippen molar-refractivity contribution in [1.29, 1.82) is 0 Å². The number of nitrogens with zero attached hydrogens (tertiary/aromatic N) is 3. The summed E-state index contributed by atoms with van der Waals surface area (Å²) in [5.41, 5.74) is 9.94. The molecule has 1 aromatic rings. The number of ether oxygens (including phenoxy) is 4. The normalized spacial score (nSPS) is 32.5. The third kappa shape index (κ3) is 4.23. The molecule has 0 radical (unpaired) electrons. The third-order valence-electron chi connectivity index (χ3n) is 4.47. The van der Waals surface area contributed by atoms with Crippen LogP contribution < -0.4 is 0 Å². The smallest absolute Gasteiger partial charge is 0.187 e. The van der Waals surface area contributed by atoms with Crippen LogP contribution in [0, 0.1) is 0 Å². The molecular formula is C18H23N3O5. The van der Waals surface area contributed by atoms with E-state index >= 15 is 0 Å². The Bertz CT molecular complexity index is 662. The lowest BCUT2D eigenvalue weighted by atomic mass is 9.94. The van der Waals surface area contributed by atoms with Gasteiger partial charge in [-0.15, -0.1) is 0 Å². The van der Waals surface area contributed by atoms with Gasteiger partial charge in [0, 0.05) is 11.3 Å². The first kappa shape index (κ1) is 18.8. The fraction of sp³-hybridized carbons (Fsp3) is 0.611. The van der Waals surface area contributed by atoms with Crippen LogP contribution in [0.5, 0.6) is 0 Å². The molecular weight excluding hydrogens is 338 g/mol. The number of carbonyl (C=O) groups excluding carboxylic acids is 1. The van der Waals surface area contributed by atoms with Gasteiger partial charge in [0.15, 0.2) is 12.1 Å². The molecule has 1 aromatic carbocycles. The lowest BCUT2D eigenvalue weighted by molar-refractivity contribution is -0.260. The number of hydrogen-bond donors (Lipinski definition) is 0. The summed E-state index contributed by atoms with van der Waals surface area (Å²) in [6, 6.07) is 9.15. The Balaban J connectivity index is 1.79. The van der Waals surface area contributed by atoms with Gasteiger partial charge in [0.25, 0.3) is 0 Å². The highest BCUT2D eigenvalue weighted by Crippen LogP contribution is 2.40. The number of aldehydes is 1. The zero-order chi connectivity index (χ0) is 18.6. The summed E-state index contributed by atoms with van der Waals surface area (Å²) >= 11 is 0. The largest absolute Gasteiger partial charge is 0.346 e. The molecule has 2 aliphatic heterocycles. The van der Waals surface area contributed by atoms with Crippen molar-refractivity contribution in [2.24, 2.45) is 5.11 Å². The van der Waals surface area contributed by atoms with Gasteiger partial charge in [0.2, 0.25) is 0 Å². The summed E-state index contributed by atoms with van der Waals surface area (Å²) in [6.45, 7) is 3.95. The summed E-state index contributed by atoms with van der Waals surface area (Å²) in [5, 5.41) is 3.86. The number of benzene rings is 1. The molecule has 0 amide bonds. The van der Waals surface area contributed by atoms with E-state index in [2.05, 4.69) is 10.0 Å². The Hall–Kier alpha value is -1.96. The molecule has 1 unspecified atom stereocenters. The second-order valence-electron chi connectivity index (χ2n) is 6.84. The molecule has 2 aliphatic rings. The molecule has 8 heteroatoms. The second kappa shape index (κ2) is 8.16. The monoisotopic (exact) mass is 361 g/mol. The van der Waals surface area contributed by atoms with E-state index in [1.165, 1.54) is 0 Å². The SMILES string of the molecule is CC1(C)OC2[C@@H](OCc3ccccc3)O[C@@H](CCC=O)[C@@H](N=[N+]=[N-])[C@@H]2O1. The van der Waals surface area contributed by atoms with Crippen LogP contribution in [0.25, 0.3) is 10.4 Å². The van der Waals surface area contributed by atoms with Crippen LogP contribution in [-0.4, -0.2) is 42.7 Å². The average molecular weight is 361 g/mol. The average Bonchev–Trinajstić information content (AvgIpc) is 2.96. The van der Waals surface area contributed by atoms with Gasteiger partial charge in [-0.3, -0.25) is 0 Å². The zero-order valence-corrected chi connectivity index (χ0v) is 14.9. The van der Waals surface area contributed by atoms with Gasteiger partial charge in [0.1, 0.15) is 18.5 Å². The Labute approximate surface area is 152 Å². The Morgan fingerprint density at radius 1 is 1.27 bits per heavy atom. The van der Waals surface area contributed by atoms with Crippen LogP contribution in [0.2, 0.25) is 0 Å². The van der Waals surface area contributed by atoms with E-state index in [0.29, 0.717) is 19.4 Å². The van der Waals surface area contributed by atoms with Gasteiger partial charge in [-0.2, -0.15) is 0 Å². The molecule has 2 fully saturated rings. The molecule has 5 atom stereocenters. The topological polar surface area (TPSA) is 103 Å². The molecule has 2 heterocycles. The van der Waals surface area contributed by atoms with Crippen molar-refractivity contribution in [3.63, 3.8) is 0 Å². The van der Waals surface area contributed by atoms with E-state index < -0.39 is 36.4 Å². The molecule has 0 aliphatic carbocycles. The van der Waals surface area contributed by atoms with Crippen LogP contribution in [0.3, 0.4) is 0 Å². The molecule has 0 aromatic heterocycles. The van der Waals surface area contributed by atoms with Gasteiger partial charge < -0.3 is 23.7 Å². The van der Waals surface area contributed by atoms with Crippen LogP contribution in [0.4, 0.5) is 0 Å². The Morgan fingerprint density at radius 2 is 2.00 bits per heavy atom. The van der Waals surface area contributed by atoms with E-state index in [9.17, 15) is 4.79 Å². The molecule has 26 heavy (non-hydrogen) atoms. The van der Waals surface area contributed by atoms with Crippen molar-refractivity contribution in [2.75, 3.05) is 0 Å².